The van der Waals surface area contributed by atoms with Crippen molar-refractivity contribution in [1.82, 2.24) is 19.7 Å². The molecule has 4 heteroatoms. The topological polar surface area (TPSA) is 43.6 Å². The zero-order valence-electron chi connectivity index (χ0n) is 12.1. The number of nitrogens with zero attached hydrogens (tertiary/aromatic N) is 4. The molecule has 0 unspecified atom stereocenters. The molecule has 3 aromatic heterocycles. The first-order chi connectivity index (χ1) is 10.8. The Labute approximate surface area is 128 Å². The summed E-state index contributed by atoms with van der Waals surface area (Å²) in [5.74, 6) is 0. The van der Waals surface area contributed by atoms with Crippen LogP contribution in [0.25, 0.3) is 27.8 Å². The number of pyridine rings is 2. The predicted octanol–water partition coefficient (Wildman–Crippen LogP) is 3.79. The third-order valence-corrected chi connectivity index (χ3v) is 3.65. The van der Waals surface area contributed by atoms with Crippen LogP contribution in [-0.4, -0.2) is 19.7 Å². The van der Waals surface area contributed by atoms with Crippen molar-refractivity contribution in [1.29, 1.82) is 0 Å². The Morgan fingerprint density at radius 3 is 2.68 bits per heavy atom. The van der Waals surface area contributed by atoms with E-state index in [4.69, 9.17) is 0 Å². The summed E-state index contributed by atoms with van der Waals surface area (Å²) >= 11 is 0. The van der Waals surface area contributed by atoms with E-state index >= 15 is 0 Å². The van der Waals surface area contributed by atoms with Crippen LogP contribution < -0.4 is 0 Å². The molecule has 22 heavy (non-hydrogen) atoms. The van der Waals surface area contributed by atoms with E-state index in [0.29, 0.717) is 0 Å². The molecule has 0 aliphatic heterocycles. The van der Waals surface area contributed by atoms with Gasteiger partial charge in [-0.3, -0.25) is 4.98 Å². The molecule has 0 N–H and O–H groups in total. The summed E-state index contributed by atoms with van der Waals surface area (Å²) in [5.41, 5.74) is 5.17. The number of benzene rings is 1. The summed E-state index contributed by atoms with van der Waals surface area (Å²) in [6, 6.07) is 16.3. The maximum atomic E-state index is 4.46. The van der Waals surface area contributed by atoms with Gasteiger partial charge in [-0.25, -0.2) is 9.67 Å². The fraction of sp³-hybridized carbons (Fsp3) is 0.0556. The van der Waals surface area contributed by atoms with Gasteiger partial charge < -0.3 is 0 Å². The molecule has 0 aliphatic carbocycles. The van der Waals surface area contributed by atoms with Crippen LogP contribution in [0.4, 0.5) is 0 Å². The normalized spacial score (nSPS) is 11.0. The molecule has 0 saturated heterocycles. The van der Waals surface area contributed by atoms with E-state index in [1.807, 2.05) is 54.3 Å². The minimum atomic E-state index is 0.866. The molecule has 4 aromatic rings. The molecule has 4 rings (SSSR count). The lowest BCUT2D eigenvalue weighted by Gasteiger charge is -2.07. The third kappa shape index (κ3) is 2.15. The number of hydrogen-bond acceptors (Lipinski definition) is 3. The molecular weight excluding hydrogens is 272 g/mol. The fourth-order valence-corrected chi connectivity index (χ4v) is 2.59. The first-order valence-electron chi connectivity index (χ1n) is 7.13. The molecule has 4 nitrogen and oxygen atoms in total. The maximum Gasteiger partial charge on any atom is 0.162 e. The Morgan fingerprint density at radius 2 is 1.77 bits per heavy atom. The van der Waals surface area contributed by atoms with Crippen molar-refractivity contribution in [3.8, 4) is 16.8 Å². The van der Waals surface area contributed by atoms with Gasteiger partial charge in [-0.15, -0.1) is 0 Å². The molecule has 0 saturated carbocycles. The van der Waals surface area contributed by atoms with Crippen molar-refractivity contribution in [2.75, 3.05) is 0 Å². The first-order valence-corrected chi connectivity index (χ1v) is 7.13. The van der Waals surface area contributed by atoms with Crippen LogP contribution >= 0.6 is 0 Å². The van der Waals surface area contributed by atoms with Gasteiger partial charge in [0.2, 0.25) is 0 Å². The van der Waals surface area contributed by atoms with Gasteiger partial charge in [-0.2, -0.15) is 5.10 Å². The Hall–Kier alpha value is -3.01. The lowest BCUT2D eigenvalue weighted by molar-refractivity contribution is 0.897. The summed E-state index contributed by atoms with van der Waals surface area (Å²) in [4.78, 5) is 8.68. The first kappa shape index (κ1) is 12.7. The van der Waals surface area contributed by atoms with E-state index in [0.717, 1.165) is 33.5 Å². The fourth-order valence-electron chi connectivity index (χ4n) is 2.59. The van der Waals surface area contributed by atoms with E-state index in [1.165, 1.54) is 0 Å². The molecule has 1 aromatic carbocycles. The van der Waals surface area contributed by atoms with Gasteiger partial charge in [0.05, 0.1) is 11.9 Å². The molecular formula is C18H14N4. The van der Waals surface area contributed by atoms with Crippen LogP contribution in [0.5, 0.6) is 0 Å². The van der Waals surface area contributed by atoms with Crippen LogP contribution in [0.1, 0.15) is 5.69 Å². The number of aryl methyl sites for hydroxylation is 1. The van der Waals surface area contributed by atoms with Crippen molar-refractivity contribution in [3.63, 3.8) is 0 Å². The molecule has 0 radical (unpaired) electrons. The summed E-state index contributed by atoms with van der Waals surface area (Å²) in [6.45, 7) is 2.00. The number of fused-ring (bicyclic) bond motifs is 1. The Balaban J connectivity index is 1.85. The lowest BCUT2D eigenvalue weighted by atomic mass is 10.1. The third-order valence-electron chi connectivity index (χ3n) is 3.65. The highest BCUT2D eigenvalue weighted by Crippen LogP contribution is 2.23. The van der Waals surface area contributed by atoms with Gasteiger partial charge in [0, 0.05) is 23.5 Å². The van der Waals surface area contributed by atoms with Gasteiger partial charge in [-0.1, -0.05) is 12.1 Å². The van der Waals surface area contributed by atoms with Crippen LogP contribution in [0.2, 0.25) is 0 Å². The smallest absolute Gasteiger partial charge is 0.162 e. The molecule has 0 fully saturated rings. The van der Waals surface area contributed by atoms with Crippen molar-refractivity contribution in [2.24, 2.45) is 0 Å². The van der Waals surface area contributed by atoms with Crippen LogP contribution in [-0.2, 0) is 0 Å². The highest BCUT2D eigenvalue weighted by molar-refractivity contribution is 5.76. The molecule has 0 spiro atoms. The quantitative estimate of drug-likeness (QED) is 0.563. The molecule has 0 amide bonds. The average Bonchev–Trinajstić information content (AvgIpc) is 2.99. The zero-order chi connectivity index (χ0) is 14.9. The highest BCUT2D eigenvalue weighted by atomic mass is 15.3. The SMILES string of the molecule is Cc1cc(-c2cccc(-n3ncc4cccnc43)c2)ccn1. The Morgan fingerprint density at radius 1 is 0.864 bits per heavy atom. The minimum absolute atomic E-state index is 0.866. The number of rotatable bonds is 2. The second kappa shape index (κ2) is 5.07. The van der Waals surface area contributed by atoms with Crippen molar-refractivity contribution >= 4 is 11.0 Å². The van der Waals surface area contributed by atoms with E-state index in [-0.39, 0.29) is 0 Å². The summed E-state index contributed by atoms with van der Waals surface area (Å²) < 4.78 is 1.87. The van der Waals surface area contributed by atoms with Crippen molar-refractivity contribution < 1.29 is 0 Å². The van der Waals surface area contributed by atoms with Gasteiger partial charge in [-0.05, 0) is 54.4 Å². The summed E-state index contributed by atoms with van der Waals surface area (Å²) in [7, 11) is 0. The lowest BCUT2D eigenvalue weighted by Crippen LogP contribution is -1.97. The highest BCUT2D eigenvalue weighted by Gasteiger charge is 2.07. The second-order valence-electron chi connectivity index (χ2n) is 5.21. The average molecular weight is 286 g/mol. The van der Waals surface area contributed by atoms with Gasteiger partial charge in [0.1, 0.15) is 0 Å². The Kier molecular flexibility index (Phi) is 2.93. The van der Waals surface area contributed by atoms with Crippen LogP contribution in [0.15, 0.2) is 67.1 Å². The predicted molar refractivity (Wildman–Crippen MR) is 86.8 cm³/mol. The summed E-state index contributed by atoms with van der Waals surface area (Å²) in [5, 5.41) is 5.49. The van der Waals surface area contributed by atoms with E-state index in [1.54, 1.807) is 6.20 Å². The van der Waals surface area contributed by atoms with Crippen molar-refractivity contribution in [3.05, 3.63) is 72.8 Å². The monoisotopic (exact) mass is 286 g/mol. The van der Waals surface area contributed by atoms with E-state index < -0.39 is 0 Å². The number of aromatic nitrogens is 4. The molecule has 106 valence electrons. The minimum Gasteiger partial charge on any atom is -0.262 e. The van der Waals surface area contributed by atoms with Crippen molar-refractivity contribution in [2.45, 2.75) is 6.92 Å². The molecule has 0 bridgehead atoms. The maximum absolute atomic E-state index is 4.46. The van der Waals surface area contributed by atoms with E-state index in [2.05, 4.69) is 33.3 Å². The van der Waals surface area contributed by atoms with E-state index in [9.17, 15) is 0 Å². The number of hydrogen-bond donors (Lipinski definition) is 0. The summed E-state index contributed by atoms with van der Waals surface area (Å²) in [6.07, 6.45) is 5.46. The van der Waals surface area contributed by atoms with Crippen LogP contribution in [0.3, 0.4) is 0 Å². The van der Waals surface area contributed by atoms with Crippen LogP contribution in [0, 0.1) is 6.92 Å². The largest absolute Gasteiger partial charge is 0.262 e. The van der Waals surface area contributed by atoms with Gasteiger partial charge in [0.25, 0.3) is 0 Å². The van der Waals surface area contributed by atoms with Gasteiger partial charge in [0.15, 0.2) is 5.65 Å². The second-order valence-corrected chi connectivity index (χ2v) is 5.21. The van der Waals surface area contributed by atoms with Gasteiger partial charge >= 0.3 is 0 Å². The Bertz CT molecular complexity index is 956. The molecule has 0 atom stereocenters. The molecule has 0 aliphatic rings. The standard InChI is InChI=1S/C18H14N4/c1-13-10-15(7-9-19-13)14-4-2-6-17(11-14)22-18-16(12-21-22)5-3-8-20-18/h2-12H,1H3. The molecule has 3 heterocycles. The zero-order valence-corrected chi connectivity index (χ0v) is 12.1.